The first-order chi connectivity index (χ1) is 8.84. The van der Waals surface area contributed by atoms with Crippen LogP contribution in [0, 0.1) is 0 Å². The van der Waals surface area contributed by atoms with E-state index in [1.54, 1.807) is 6.08 Å². The summed E-state index contributed by atoms with van der Waals surface area (Å²) in [5.41, 5.74) is -0.617. The van der Waals surface area contributed by atoms with Crippen LogP contribution in [0.3, 0.4) is 0 Å². The fraction of sp³-hybridized carbons (Fsp3) is 0.333. The summed E-state index contributed by atoms with van der Waals surface area (Å²) in [5, 5.41) is -0.0477. The maximum atomic E-state index is 12.7. The van der Waals surface area contributed by atoms with Gasteiger partial charge in [0.05, 0.1) is 7.11 Å². The molecule has 0 saturated heterocycles. The Morgan fingerprint density at radius 2 is 2.21 bits per heavy atom. The number of rotatable bonds is 4. The zero-order chi connectivity index (χ0) is 14.5. The lowest BCUT2D eigenvalue weighted by atomic mass is 10.2. The minimum absolute atomic E-state index is 0.0477. The molecule has 0 bridgehead atoms. The number of carbonyl (C=O) groups is 1. The number of carbonyl (C=O) groups excluding carboxylic acids is 1. The Balaban J connectivity index is 2.90. The lowest BCUT2D eigenvalue weighted by Gasteiger charge is -2.11. The number of ether oxygens (including phenoxy) is 1. The van der Waals surface area contributed by atoms with Crippen LogP contribution in [0.4, 0.5) is 13.2 Å². The number of thioether (sulfide) groups is 1. The predicted octanol–water partition coefficient (Wildman–Crippen LogP) is 3.40. The molecule has 1 aromatic heterocycles. The monoisotopic (exact) mass is 291 g/mol. The summed E-state index contributed by atoms with van der Waals surface area (Å²) in [6, 6.07) is 0.959. The second-order valence-electron chi connectivity index (χ2n) is 3.53. The van der Waals surface area contributed by atoms with Gasteiger partial charge < -0.3 is 4.74 Å². The van der Waals surface area contributed by atoms with E-state index in [9.17, 15) is 18.0 Å². The van der Waals surface area contributed by atoms with Gasteiger partial charge in [0.25, 0.3) is 0 Å². The summed E-state index contributed by atoms with van der Waals surface area (Å²) in [4.78, 5) is 14.3. The van der Waals surface area contributed by atoms with Crippen LogP contribution in [0.2, 0.25) is 0 Å². The Morgan fingerprint density at radius 1 is 1.53 bits per heavy atom. The summed E-state index contributed by atoms with van der Waals surface area (Å²) in [6.07, 6.45) is -0.146. The molecule has 0 aliphatic heterocycles. The number of pyridine rings is 1. The topological polar surface area (TPSA) is 39.2 Å². The van der Waals surface area contributed by atoms with Crippen molar-refractivity contribution in [3.05, 3.63) is 29.5 Å². The Labute approximate surface area is 112 Å². The molecule has 0 N–H and O–H groups in total. The number of halogens is 3. The lowest BCUT2D eigenvalue weighted by Crippen LogP contribution is -2.09. The van der Waals surface area contributed by atoms with E-state index in [0.29, 0.717) is 11.3 Å². The molecule has 1 aromatic rings. The molecule has 0 radical (unpaired) electrons. The van der Waals surface area contributed by atoms with Gasteiger partial charge in [-0.3, -0.25) is 4.79 Å². The van der Waals surface area contributed by atoms with Crippen molar-refractivity contribution in [3.63, 3.8) is 0 Å². The molecule has 1 heterocycles. The van der Waals surface area contributed by atoms with Gasteiger partial charge >= 0.3 is 6.18 Å². The van der Waals surface area contributed by atoms with Gasteiger partial charge in [0.15, 0.2) is 5.12 Å². The fourth-order valence-electron chi connectivity index (χ4n) is 1.27. The second-order valence-corrected chi connectivity index (χ2v) is 4.73. The number of hydrogen-bond donors (Lipinski definition) is 0. The fourth-order valence-corrected chi connectivity index (χ4v) is 1.70. The third kappa shape index (κ3) is 4.94. The first-order valence-corrected chi connectivity index (χ1v) is 6.24. The molecular formula is C12H12F3NO2S. The first-order valence-electron chi connectivity index (χ1n) is 5.25. The first kappa shape index (κ1) is 15.6. The number of nitrogens with zero attached hydrogens (tertiary/aromatic N) is 1. The SMILES string of the molecule is COc1ncc(C=CCSC(C)=O)cc1C(F)(F)F. The quantitative estimate of drug-likeness (QED) is 0.852. The maximum Gasteiger partial charge on any atom is 0.421 e. The van der Waals surface area contributed by atoms with E-state index in [1.807, 2.05) is 0 Å². The van der Waals surface area contributed by atoms with Crippen molar-refractivity contribution in [3.8, 4) is 5.88 Å². The van der Waals surface area contributed by atoms with Crippen molar-refractivity contribution < 1.29 is 22.7 Å². The summed E-state index contributed by atoms with van der Waals surface area (Å²) in [6.45, 7) is 1.43. The van der Waals surface area contributed by atoms with Gasteiger partial charge in [0.2, 0.25) is 5.88 Å². The minimum Gasteiger partial charge on any atom is -0.481 e. The van der Waals surface area contributed by atoms with Gasteiger partial charge in [-0.1, -0.05) is 23.9 Å². The summed E-state index contributed by atoms with van der Waals surface area (Å²) in [7, 11) is 1.14. The van der Waals surface area contributed by atoms with E-state index < -0.39 is 17.6 Å². The molecule has 0 aliphatic rings. The molecule has 0 amide bonds. The van der Waals surface area contributed by atoms with Crippen LogP contribution in [-0.2, 0) is 11.0 Å². The van der Waals surface area contributed by atoms with Crippen molar-refractivity contribution in [2.45, 2.75) is 13.1 Å². The molecule has 0 spiro atoms. The molecule has 19 heavy (non-hydrogen) atoms. The summed E-state index contributed by atoms with van der Waals surface area (Å²) < 4.78 is 42.7. The third-order valence-corrected chi connectivity index (χ3v) is 2.83. The van der Waals surface area contributed by atoms with E-state index in [2.05, 4.69) is 9.72 Å². The Hall–Kier alpha value is -1.50. The van der Waals surface area contributed by atoms with Crippen LogP contribution in [-0.4, -0.2) is 23.0 Å². The van der Waals surface area contributed by atoms with E-state index in [1.165, 1.54) is 19.2 Å². The molecular weight excluding hydrogens is 279 g/mol. The lowest BCUT2D eigenvalue weighted by molar-refractivity contribution is -0.139. The van der Waals surface area contributed by atoms with Crippen LogP contribution in [0.25, 0.3) is 6.08 Å². The van der Waals surface area contributed by atoms with Gasteiger partial charge in [0, 0.05) is 18.9 Å². The van der Waals surface area contributed by atoms with Gasteiger partial charge in [-0.05, 0) is 11.6 Å². The summed E-state index contributed by atoms with van der Waals surface area (Å²) >= 11 is 1.07. The Morgan fingerprint density at radius 3 is 2.74 bits per heavy atom. The van der Waals surface area contributed by atoms with Gasteiger partial charge in [-0.2, -0.15) is 13.2 Å². The second kappa shape index (κ2) is 6.60. The van der Waals surface area contributed by atoms with E-state index in [4.69, 9.17) is 0 Å². The smallest absolute Gasteiger partial charge is 0.421 e. The van der Waals surface area contributed by atoms with Crippen LogP contribution in [0.15, 0.2) is 18.3 Å². The van der Waals surface area contributed by atoms with E-state index >= 15 is 0 Å². The van der Waals surface area contributed by atoms with Crippen LogP contribution >= 0.6 is 11.8 Å². The van der Waals surface area contributed by atoms with Crippen molar-refractivity contribution >= 4 is 23.0 Å². The van der Waals surface area contributed by atoms with Crippen LogP contribution < -0.4 is 4.74 Å². The molecule has 0 aliphatic carbocycles. The number of aromatic nitrogens is 1. The molecule has 1 rings (SSSR count). The minimum atomic E-state index is -4.52. The Kier molecular flexibility index (Phi) is 5.41. The van der Waals surface area contributed by atoms with Gasteiger partial charge in [0.1, 0.15) is 5.56 Å². The average molecular weight is 291 g/mol. The normalized spacial score (nSPS) is 11.8. The van der Waals surface area contributed by atoms with E-state index in [0.717, 1.165) is 24.9 Å². The standard InChI is InChI=1S/C12H12F3NO2S/c1-8(17)19-5-3-4-9-6-10(12(13,14)15)11(18-2)16-7-9/h3-4,6-7H,5H2,1-2H3. The third-order valence-electron chi connectivity index (χ3n) is 2.06. The zero-order valence-electron chi connectivity index (χ0n) is 10.3. The molecule has 0 atom stereocenters. The van der Waals surface area contributed by atoms with Crippen molar-refractivity contribution in [2.24, 2.45) is 0 Å². The van der Waals surface area contributed by atoms with E-state index in [-0.39, 0.29) is 5.12 Å². The molecule has 3 nitrogen and oxygen atoms in total. The van der Waals surface area contributed by atoms with Crippen LogP contribution in [0.1, 0.15) is 18.1 Å². The highest BCUT2D eigenvalue weighted by Gasteiger charge is 2.35. The average Bonchev–Trinajstić information content (AvgIpc) is 2.33. The predicted molar refractivity (Wildman–Crippen MR) is 68.0 cm³/mol. The van der Waals surface area contributed by atoms with Gasteiger partial charge in [-0.15, -0.1) is 0 Å². The highest BCUT2D eigenvalue weighted by molar-refractivity contribution is 8.13. The van der Waals surface area contributed by atoms with Crippen LogP contribution in [0.5, 0.6) is 5.88 Å². The molecule has 0 aromatic carbocycles. The molecule has 0 fully saturated rings. The van der Waals surface area contributed by atoms with Crippen molar-refractivity contribution in [2.75, 3.05) is 12.9 Å². The molecule has 0 saturated carbocycles. The van der Waals surface area contributed by atoms with Gasteiger partial charge in [-0.25, -0.2) is 4.98 Å². The number of hydrogen-bond acceptors (Lipinski definition) is 4. The highest BCUT2D eigenvalue weighted by Crippen LogP contribution is 2.35. The number of methoxy groups -OCH3 is 1. The largest absolute Gasteiger partial charge is 0.481 e. The van der Waals surface area contributed by atoms with Crippen molar-refractivity contribution in [1.29, 1.82) is 0 Å². The number of alkyl halides is 3. The highest BCUT2D eigenvalue weighted by atomic mass is 32.2. The Bertz CT molecular complexity index is 486. The molecule has 0 unspecified atom stereocenters. The summed E-state index contributed by atoms with van der Waals surface area (Å²) in [5.74, 6) is -0.0503. The molecule has 7 heteroatoms. The van der Waals surface area contributed by atoms with Crippen molar-refractivity contribution in [1.82, 2.24) is 4.98 Å². The molecule has 104 valence electrons. The zero-order valence-corrected chi connectivity index (χ0v) is 11.1. The maximum absolute atomic E-state index is 12.7.